The number of nitrogens with one attached hydrogen (secondary N) is 2. The number of nitrogens with zero attached hydrogens (tertiary/aromatic N) is 3. The number of rotatable bonds is 5. The average Bonchev–Trinajstić information content (AvgIpc) is 3.47. The molecule has 3 aromatic rings. The van der Waals surface area contributed by atoms with E-state index >= 15 is 0 Å². The lowest BCUT2D eigenvalue weighted by Gasteiger charge is -2.24. The number of methoxy groups -OCH3 is 1. The van der Waals surface area contributed by atoms with Gasteiger partial charge in [0.25, 0.3) is 0 Å². The first-order valence-corrected chi connectivity index (χ1v) is 9.87. The van der Waals surface area contributed by atoms with E-state index in [1.807, 2.05) is 0 Å². The van der Waals surface area contributed by atoms with E-state index in [-0.39, 0.29) is 11.6 Å². The highest BCUT2D eigenvalue weighted by Gasteiger charge is 2.34. The fourth-order valence-electron chi connectivity index (χ4n) is 3.56. The maximum Gasteiger partial charge on any atom is 0.322 e. The van der Waals surface area contributed by atoms with Gasteiger partial charge in [0, 0.05) is 30.3 Å². The standard InChI is InChI=1S/C22H22FN5O3/c1-31-17-8-5-15(6-9-17)25-21(29)20-4-2-12-27(20)22(30)26-16-7-10-19(18(23)14-16)28-13-3-11-24-28/h3,5-11,13-14,20H,2,4,12H2,1H3,(H,25,29)(H,26,30)/t20-/m1/s1. The van der Waals surface area contributed by atoms with Crippen molar-refractivity contribution < 1.29 is 18.7 Å². The summed E-state index contributed by atoms with van der Waals surface area (Å²) in [7, 11) is 1.57. The van der Waals surface area contributed by atoms with Crippen LogP contribution in [-0.4, -0.2) is 46.3 Å². The summed E-state index contributed by atoms with van der Waals surface area (Å²) in [6, 6.07) is 12.0. The van der Waals surface area contributed by atoms with E-state index in [9.17, 15) is 14.0 Å². The SMILES string of the molecule is COc1ccc(NC(=O)[C@H]2CCCN2C(=O)Nc2ccc(-n3cccn3)c(F)c2)cc1. The Bertz CT molecular complexity index is 1070. The van der Waals surface area contributed by atoms with Crippen molar-refractivity contribution in [3.05, 3.63) is 66.7 Å². The van der Waals surface area contributed by atoms with Crippen LogP contribution in [0.2, 0.25) is 0 Å². The van der Waals surface area contributed by atoms with Gasteiger partial charge < -0.3 is 20.3 Å². The van der Waals surface area contributed by atoms with Crippen LogP contribution in [0.3, 0.4) is 0 Å². The second-order valence-electron chi connectivity index (χ2n) is 7.12. The highest BCUT2D eigenvalue weighted by Crippen LogP contribution is 2.23. The summed E-state index contributed by atoms with van der Waals surface area (Å²) in [6.45, 7) is 0.445. The summed E-state index contributed by atoms with van der Waals surface area (Å²) in [5.74, 6) is -0.0968. The molecule has 8 nitrogen and oxygen atoms in total. The fraction of sp³-hybridized carbons (Fsp3) is 0.227. The lowest BCUT2D eigenvalue weighted by Crippen LogP contribution is -2.45. The molecule has 0 unspecified atom stereocenters. The lowest BCUT2D eigenvalue weighted by molar-refractivity contribution is -0.119. The van der Waals surface area contributed by atoms with Crippen molar-refractivity contribution in [2.75, 3.05) is 24.3 Å². The van der Waals surface area contributed by atoms with Gasteiger partial charge >= 0.3 is 6.03 Å². The number of benzene rings is 2. The van der Waals surface area contributed by atoms with Crippen molar-refractivity contribution in [2.45, 2.75) is 18.9 Å². The Balaban J connectivity index is 1.41. The molecular weight excluding hydrogens is 401 g/mol. The minimum atomic E-state index is -0.602. The molecule has 0 radical (unpaired) electrons. The molecule has 0 saturated carbocycles. The number of aromatic nitrogens is 2. The van der Waals surface area contributed by atoms with Crippen LogP contribution in [0, 0.1) is 5.82 Å². The number of likely N-dealkylation sites (tertiary alicyclic amines) is 1. The van der Waals surface area contributed by atoms with Crippen molar-refractivity contribution in [3.63, 3.8) is 0 Å². The van der Waals surface area contributed by atoms with Gasteiger partial charge in [0.15, 0.2) is 5.82 Å². The van der Waals surface area contributed by atoms with E-state index in [0.717, 1.165) is 0 Å². The molecule has 4 rings (SSSR count). The topological polar surface area (TPSA) is 88.5 Å². The van der Waals surface area contributed by atoms with Crippen molar-refractivity contribution in [2.24, 2.45) is 0 Å². The van der Waals surface area contributed by atoms with Crippen LogP contribution in [0.4, 0.5) is 20.6 Å². The number of carbonyl (C=O) groups is 2. The highest BCUT2D eigenvalue weighted by molar-refractivity contribution is 5.99. The first kappa shape index (κ1) is 20.4. The van der Waals surface area contributed by atoms with Crippen LogP contribution in [0.25, 0.3) is 5.69 Å². The summed E-state index contributed by atoms with van der Waals surface area (Å²) in [4.78, 5) is 27.0. The van der Waals surface area contributed by atoms with E-state index in [0.29, 0.717) is 36.5 Å². The molecule has 0 bridgehead atoms. The molecule has 0 spiro atoms. The van der Waals surface area contributed by atoms with Gasteiger partial charge in [0.05, 0.1) is 7.11 Å². The number of amides is 3. The first-order chi connectivity index (χ1) is 15.0. The van der Waals surface area contributed by atoms with Crippen LogP contribution >= 0.6 is 0 Å². The third-order valence-electron chi connectivity index (χ3n) is 5.12. The van der Waals surface area contributed by atoms with Gasteiger partial charge in [-0.25, -0.2) is 13.9 Å². The Hall–Kier alpha value is -3.88. The number of halogens is 1. The van der Waals surface area contributed by atoms with Crippen molar-refractivity contribution in [1.29, 1.82) is 0 Å². The maximum absolute atomic E-state index is 14.4. The van der Waals surface area contributed by atoms with Crippen LogP contribution in [0.5, 0.6) is 5.75 Å². The zero-order valence-corrected chi connectivity index (χ0v) is 16.9. The van der Waals surface area contributed by atoms with E-state index in [1.165, 1.54) is 21.7 Å². The smallest absolute Gasteiger partial charge is 0.322 e. The number of urea groups is 1. The molecule has 2 aromatic carbocycles. The maximum atomic E-state index is 14.4. The van der Waals surface area contributed by atoms with E-state index in [4.69, 9.17) is 4.74 Å². The molecule has 1 fully saturated rings. The molecule has 1 aromatic heterocycles. The molecule has 9 heteroatoms. The first-order valence-electron chi connectivity index (χ1n) is 9.87. The summed E-state index contributed by atoms with van der Waals surface area (Å²) in [5.41, 5.74) is 1.20. The summed E-state index contributed by atoms with van der Waals surface area (Å²) in [5, 5.41) is 9.52. The molecule has 160 valence electrons. The van der Waals surface area contributed by atoms with E-state index in [1.54, 1.807) is 55.9 Å². The van der Waals surface area contributed by atoms with Crippen molar-refractivity contribution in [1.82, 2.24) is 14.7 Å². The third kappa shape index (κ3) is 4.50. The molecule has 1 saturated heterocycles. The molecule has 1 aliphatic heterocycles. The van der Waals surface area contributed by atoms with Gasteiger partial charge in [0.2, 0.25) is 5.91 Å². The van der Waals surface area contributed by atoms with Gasteiger partial charge in [-0.05, 0) is 61.4 Å². The summed E-state index contributed by atoms with van der Waals surface area (Å²) in [6.07, 6.45) is 4.45. The van der Waals surface area contributed by atoms with Gasteiger partial charge in [-0.1, -0.05) is 0 Å². The zero-order valence-electron chi connectivity index (χ0n) is 16.9. The Morgan fingerprint density at radius 3 is 2.58 bits per heavy atom. The number of hydrogen-bond donors (Lipinski definition) is 2. The second-order valence-corrected chi connectivity index (χ2v) is 7.12. The third-order valence-corrected chi connectivity index (χ3v) is 5.12. The summed E-state index contributed by atoms with van der Waals surface area (Å²) < 4.78 is 21.0. The minimum absolute atomic E-state index is 0.266. The van der Waals surface area contributed by atoms with Crippen LogP contribution in [-0.2, 0) is 4.79 Å². The second kappa shape index (κ2) is 8.86. The minimum Gasteiger partial charge on any atom is -0.497 e. The molecule has 2 heterocycles. The van der Waals surface area contributed by atoms with Crippen LogP contribution in [0.1, 0.15) is 12.8 Å². The van der Waals surface area contributed by atoms with Gasteiger partial charge in [0.1, 0.15) is 17.5 Å². The quantitative estimate of drug-likeness (QED) is 0.656. The molecule has 1 atom stereocenters. The number of ether oxygens (including phenoxy) is 1. The van der Waals surface area contributed by atoms with Crippen molar-refractivity contribution >= 4 is 23.3 Å². The summed E-state index contributed by atoms with van der Waals surface area (Å²) >= 11 is 0. The highest BCUT2D eigenvalue weighted by atomic mass is 19.1. The molecule has 0 aliphatic carbocycles. The Morgan fingerprint density at radius 2 is 1.90 bits per heavy atom. The fourth-order valence-corrected chi connectivity index (χ4v) is 3.56. The normalized spacial score (nSPS) is 15.5. The lowest BCUT2D eigenvalue weighted by atomic mass is 10.2. The molecule has 3 amide bonds. The monoisotopic (exact) mass is 423 g/mol. The predicted octanol–water partition coefficient (Wildman–Crippen LogP) is 3.66. The Labute approximate surface area is 178 Å². The largest absolute Gasteiger partial charge is 0.497 e. The van der Waals surface area contributed by atoms with E-state index in [2.05, 4.69) is 15.7 Å². The van der Waals surface area contributed by atoms with Crippen LogP contribution in [0.15, 0.2) is 60.9 Å². The van der Waals surface area contributed by atoms with E-state index < -0.39 is 17.9 Å². The Morgan fingerprint density at radius 1 is 1.13 bits per heavy atom. The number of hydrogen-bond acceptors (Lipinski definition) is 4. The zero-order chi connectivity index (χ0) is 21.8. The van der Waals surface area contributed by atoms with Crippen LogP contribution < -0.4 is 15.4 Å². The predicted molar refractivity (Wildman–Crippen MR) is 114 cm³/mol. The molecule has 31 heavy (non-hydrogen) atoms. The Kier molecular flexibility index (Phi) is 5.83. The van der Waals surface area contributed by atoms with Gasteiger partial charge in [-0.3, -0.25) is 4.79 Å². The van der Waals surface area contributed by atoms with Gasteiger partial charge in [-0.2, -0.15) is 5.10 Å². The molecular formula is C22H22FN5O3. The number of carbonyl (C=O) groups excluding carboxylic acids is 2. The molecule has 2 N–H and O–H groups in total. The average molecular weight is 423 g/mol. The molecule has 1 aliphatic rings. The van der Waals surface area contributed by atoms with Gasteiger partial charge in [-0.15, -0.1) is 0 Å². The number of anilines is 2. The van der Waals surface area contributed by atoms with Crippen molar-refractivity contribution in [3.8, 4) is 11.4 Å².